The molecule has 0 aliphatic rings. The summed E-state index contributed by atoms with van der Waals surface area (Å²) in [6.45, 7) is 0. The molecule has 0 aliphatic carbocycles. The van der Waals surface area contributed by atoms with Crippen LogP contribution in [0.3, 0.4) is 0 Å². The molecule has 1 amide bonds. The lowest BCUT2D eigenvalue weighted by Gasteiger charge is -2.13. The summed E-state index contributed by atoms with van der Waals surface area (Å²) >= 11 is 0. The zero-order valence-corrected chi connectivity index (χ0v) is 14.4. The minimum Gasteiger partial charge on any atom is -0.322 e. The second kappa shape index (κ2) is 7.14. The highest BCUT2D eigenvalue weighted by Gasteiger charge is 2.24. The standard InChI is InChI=1S/C15H13F2N3O5S/c1-19(2)26(24,25)14-7-9(3-5-12(14)17)15(21)18-10-4-6-11(16)13(8-10)20(22)23/h3-8H,1-2H3,(H,18,21). The fourth-order valence-electron chi connectivity index (χ4n) is 1.97. The molecular formula is C15H13F2N3O5S. The van der Waals surface area contributed by atoms with Crippen LogP contribution in [0.2, 0.25) is 0 Å². The Bertz CT molecular complexity index is 993. The topological polar surface area (TPSA) is 110 Å². The Morgan fingerprint density at radius 2 is 1.73 bits per heavy atom. The Morgan fingerprint density at radius 3 is 2.31 bits per heavy atom. The molecule has 0 unspecified atom stereocenters. The third kappa shape index (κ3) is 3.83. The highest BCUT2D eigenvalue weighted by atomic mass is 32.2. The predicted octanol–water partition coefficient (Wildman–Crippen LogP) is 2.38. The van der Waals surface area contributed by atoms with Crippen LogP contribution in [0, 0.1) is 21.7 Å². The molecule has 0 aliphatic heterocycles. The van der Waals surface area contributed by atoms with Crippen LogP contribution in [0.4, 0.5) is 20.2 Å². The molecule has 0 heterocycles. The average molecular weight is 385 g/mol. The van der Waals surface area contributed by atoms with Gasteiger partial charge in [0.15, 0.2) is 0 Å². The summed E-state index contributed by atoms with van der Waals surface area (Å²) in [5.41, 5.74) is -1.11. The van der Waals surface area contributed by atoms with Crippen molar-refractivity contribution in [3.8, 4) is 0 Å². The monoisotopic (exact) mass is 385 g/mol. The molecule has 138 valence electrons. The number of carbonyl (C=O) groups excluding carboxylic acids is 1. The molecule has 0 bridgehead atoms. The van der Waals surface area contributed by atoms with Crippen LogP contribution in [-0.2, 0) is 10.0 Å². The van der Waals surface area contributed by atoms with Gasteiger partial charge in [0.25, 0.3) is 5.91 Å². The van der Waals surface area contributed by atoms with Gasteiger partial charge in [-0.25, -0.2) is 17.1 Å². The van der Waals surface area contributed by atoms with E-state index in [1.165, 1.54) is 14.1 Å². The van der Waals surface area contributed by atoms with Crippen molar-refractivity contribution in [3.63, 3.8) is 0 Å². The van der Waals surface area contributed by atoms with Crippen LogP contribution in [0.15, 0.2) is 41.3 Å². The predicted molar refractivity (Wildman–Crippen MR) is 88.3 cm³/mol. The number of hydrogen-bond donors (Lipinski definition) is 1. The van der Waals surface area contributed by atoms with E-state index >= 15 is 0 Å². The summed E-state index contributed by atoms with van der Waals surface area (Å²) in [6, 6.07) is 5.43. The third-order valence-electron chi connectivity index (χ3n) is 3.35. The summed E-state index contributed by atoms with van der Waals surface area (Å²) < 4.78 is 52.1. The fraction of sp³-hybridized carbons (Fsp3) is 0.133. The van der Waals surface area contributed by atoms with Gasteiger partial charge in [0.05, 0.1) is 4.92 Å². The highest BCUT2D eigenvalue weighted by Crippen LogP contribution is 2.23. The molecular weight excluding hydrogens is 372 g/mol. The van der Waals surface area contributed by atoms with Crippen molar-refractivity contribution in [2.75, 3.05) is 19.4 Å². The number of benzene rings is 2. The normalized spacial score (nSPS) is 11.4. The number of nitro benzene ring substituents is 1. The molecule has 2 rings (SSSR count). The van der Waals surface area contributed by atoms with E-state index in [4.69, 9.17) is 0 Å². The van der Waals surface area contributed by atoms with Gasteiger partial charge in [0.1, 0.15) is 10.7 Å². The van der Waals surface area contributed by atoms with Crippen LogP contribution in [0.25, 0.3) is 0 Å². The van der Waals surface area contributed by atoms with Crippen molar-refractivity contribution >= 4 is 27.3 Å². The molecule has 1 N–H and O–H groups in total. The number of anilines is 1. The van der Waals surface area contributed by atoms with Gasteiger partial charge >= 0.3 is 5.69 Å². The Hall–Kier alpha value is -2.92. The largest absolute Gasteiger partial charge is 0.322 e. The zero-order valence-electron chi connectivity index (χ0n) is 13.6. The number of rotatable bonds is 5. The minimum absolute atomic E-state index is 0.0792. The second-order valence-corrected chi connectivity index (χ2v) is 7.43. The van der Waals surface area contributed by atoms with Gasteiger partial charge in [0.2, 0.25) is 15.8 Å². The van der Waals surface area contributed by atoms with Crippen molar-refractivity contribution in [1.82, 2.24) is 4.31 Å². The number of amides is 1. The van der Waals surface area contributed by atoms with Gasteiger partial charge in [-0.3, -0.25) is 14.9 Å². The van der Waals surface area contributed by atoms with E-state index in [1.807, 2.05) is 0 Å². The second-order valence-electron chi connectivity index (χ2n) is 5.31. The van der Waals surface area contributed by atoms with E-state index in [1.54, 1.807) is 0 Å². The Labute approximate surface area is 147 Å². The average Bonchev–Trinajstić information content (AvgIpc) is 2.56. The Kier molecular flexibility index (Phi) is 5.33. The van der Waals surface area contributed by atoms with E-state index in [2.05, 4.69) is 5.32 Å². The van der Waals surface area contributed by atoms with Crippen molar-refractivity contribution in [1.29, 1.82) is 0 Å². The molecule has 0 saturated heterocycles. The molecule has 0 aromatic heterocycles. The van der Waals surface area contributed by atoms with E-state index < -0.39 is 43.1 Å². The molecule has 0 fully saturated rings. The molecule has 11 heteroatoms. The lowest BCUT2D eigenvalue weighted by Crippen LogP contribution is -2.24. The first-order valence-corrected chi connectivity index (χ1v) is 8.45. The Morgan fingerprint density at radius 1 is 1.12 bits per heavy atom. The zero-order chi connectivity index (χ0) is 19.6. The first-order valence-electron chi connectivity index (χ1n) is 7.01. The summed E-state index contributed by atoms with van der Waals surface area (Å²) in [7, 11) is -1.71. The number of sulfonamides is 1. The smallest absolute Gasteiger partial charge is 0.306 e. The summed E-state index contributed by atoms with van der Waals surface area (Å²) in [4.78, 5) is 21.3. The molecule has 0 atom stereocenters. The number of nitrogens with one attached hydrogen (secondary N) is 1. The third-order valence-corrected chi connectivity index (χ3v) is 5.18. The summed E-state index contributed by atoms with van der Waals surface area (Å²) in [5.74, 6) is -2.96. The molecule has 8 nitrogen and oxygen atoms in total. The molecule has 0 radical (unpaired) electrons. The maximum absolute atomic E-state index is 13.8. The fourth-order valence-corrected chi connectivity index (χ4v) is 2.96. The van der Waals surface area contributed by atoms with Gasteiger partial charge in [-0.05, 0) is 30.3 Å². The number of halogens is 2. The first-order chi connectivity index (χ1) is 12.0. The van der Waals surface area contributed by atoms with E-state index in [9.17, 15) is 32.1 Å². The molecule has 2 aromatic rings. The Balaban J connectivity index is 2.37. The lowest BCUT2D eigenvalue weighted by molar-refractivity contribution is -0.387. The lowest BCUT2D eigenvalue weighted by atomic mass is 10.2. The van der Waals surface area contributed by atoms with Crippen LogP contribution < -0.4 is 5.32 Å². The van der Waals surface area contributed by atoms with Gasteiger partial charge in [-0.1, -0.05) is 0 Å². The van der Waals surface area contributed by atoms with Crippen LogP contribution in [0.1, 0.15) is 10.4 Å². The van der Waals surface area contributed by atoms with Gasteiger partial charge in [0, 0.05) is 31.4 Å². The van der Waals surface area contributed by atoms with E-state index in [-0.39, 0.29) is 11.3 Å². The molecule has 0 saturated carbocycles. The van der Waals surface area contributed by atoms with E-state index in [0.29, 0.717) is 0 Å². The van der Waals surface area contributed by atoms with Crippen LogP contribution in [0.5, 0.6) is 0 Å². The van der Waals surface area contributed by atoms with Crippen LogP contribution in [-0.4, -0.2) is 37.6 Å². The SMILES string of the molecule is CN(C)S(=O)(=O)c1cc(C(=O)Nc2ccc(F)c([N+](=O)[O-])c2)ccc1F. The highest BCUT2D eigenvalue weighted by molar-refractivity contribution is 7.89. The number of hydrogen-bond acceptors (Lipinski definition) is 5. The van der Waals surface area contributed by atoms with Gasteiger partial charge < -0.3 is 5.32 Å². The van der Waals surface area contributed by atoms with Crippen molar-refractivity contribution in [3.05, 3.63) is 63.7 Å². The van der Waals surface area contributed by atoms with Crippen LogP contribution >= 0.6 is 0 Å². The molecule has 0 spiro atoms. The summed E-state index contributed by atoms with van der Waals surface area (Å²) in [5, 5.41) is 13.0. The van der Waals surface area contributed by atoms with Gasteiger partial charge in [-0.2, -0.15) is 4.39 Å². The van der Waals surface area contributed by atoms with Crippen molar-refractivity contribution in [2.45, 2.75) is 4.90 Å². The first kappa shape index (κ1) is 19.4. The molecule has 2 aromatic carbocycles. The van der Waals surface area contributed by atoms with Crippen molar-refractivity contribution < 1.29 is 26.9 Å². The maximum Gasteiger partial charge on any atom is 0.306 e. The quantitative estimate of drug-likeness (QED) is 0.628. The number of nitrogens with zero attached hydrogens (tertiary/aromatic N) is 2. The number of nitro groups is 1. The number of carbonyl (C=O) groups is 1. The van der Waals surface area contributed by atoms with Crippen molar-refractivity contribution in [2.24, 2.45) is 0 Å². The summed E-state index contributed by atoms with van der Waals surface area (Å²) in [6.07, 6.45) is 0. The minimum atomic E-state index is -4.12. The molecule has 26 heavy (non-hydrogen) atoms. The maximum atomic E-state index is 13.8. The van der Waals surface area contributed by atoms with Gasteiger partial charge in [-0.15, -0.1) is 0 Å². The van der Waals surface area contributed by atoms with E-state index in [0.717, 1.165) is 40.7 Å².